The van der Waals surface area contributed by atoms with E-state index in [4.69, 9.17) is 11.6 Å². The molecule has 2 heterocycles. The van der Waals surface area contributed by atoms with Crippen molar-refractivity contribution in [1.29, 1.82) is 0 Å². The minimum atomic E-state index is -0.168. The zero-order valence-electron chi connectivity index (χ0n) is 14.1. The summed E-state index contributed by atoms with van der Waals surface area (Å²) in [6, 6.07) is 11.9. The van der Waals surface area contributed by atoms with Gasteiger partial charge in [-0.25, -0.2) is 0 Å². The number of carbonyl (C=O) groups is 1. The van der Waals surface area contributed by atoms with Crippen LogP contribution in [0.15, 0.2) is 42.5 Å². The number of halogens is 1. The summed E-state index contributed by atoms with van der Waals surface area (Å²) in [5.74, 6) is -0.0270. The summed E-state index contributed by atoms with van der Waals surface area (Å²) in [7, 11) is 0. The molecule has 0 spiro atoms. The smallest absolute Gasteiger partial charge is 0.254 e. The van der Waals surface area contributed by atoms with Crippen LogP contribution in [-0.4, -0.2) is 39.1 Å². The predicted octanol–water partition coefficient (Wildman–Crippen LogP) is 4.25. The topological polar surface area (TPSA) is 76.6 Å². The summed E-state index contributed by atoms with van der Waals surface area (Å²) < 4.78 is 0. The number of aromatic amines is 1. The van der Waals surface area contributed by atoms with Crippen molar-refractivity contribution in [2.45, 2.75) is 18.8 Å². The number of carbonyl (C=O) groups excluding carboxylic acids is 1. The number of aromatic nitrogens is 1. The maximum absolute atomic E-state index is 12.6. The Labute approximate surface area is 155 Å². The highest BCUT2D eigenvalue weighted by molar-refractivity contribution is 6.31. The number of likely N-dealkylation sites (tertiary alicyclic amines) is 1. The molecule has 3 N–H and O–H groups in total. The minimum absolute atomic E-state index is 0.111. The molecule has 0 unspecified atom stereocenters. The molecule has 4 rings (SSSR count). The Morgan fingerprint density at radius 2 is 1.73 bits per heavy atom. The van der Waals surface area contributed by atoms with Gasteiger partial charge in [0.2, 0.25) is 0 Å². The van der Waals surface area contributed by atoms with E-state index in [0.29, 0.717) is 24.6 Å². The zero-order chi connectivity index (χ0) is 18.3. The number of H-pyrrole nitrogens is 1. The average molecular weight is 371 g/mol. The Balaban J connectivity index is 1.47. The van der Waals surface area contributed by atoms with Crippen LogP contribution < -0.4 is 0 Å². The van der Waals surface area contributed by atoms with Crippen LogP contribution in [0, 0.1) is 0 Å². The maximum atomic E-state index is 12.6. The molecule has 5 nitrogen and oxygen atoms in total. The first-order chi connectivity index (χ1) is 12.5. The molecule has 1 aliphatic heterocycles. The van der Waals surface area contributed by atoms with Gasteiger partial charge in [-0.2, -0.15) is 0 Å². The van der Waals surface area contributed by atoms with E-state index in [-0.39, 0.29) is 17.4 Å². The molecule has 1 fully saturated rings. The summed E-state index contributed by atoms with van der Waals surface area (Å²) >= 11 is 6.05. The number of aromatic hydroxyl groups is 2. The van der Waals surface area contributed by atoms with Crippen molar-refractivity contribution in [2.75, 3.05) is 13.1 Å². The SMILES string of the molecule is O=C(c1cc(O)cc(O)c1)N1CCC(c2cc3cc(Cl)ccc3[nH]2)CC1. The number of nitrogens with zero attached hydrogens (tertiary/aromatic N) is 1. The van der Waals surface area contributed by atoms with Gasteiger partial charge < -0.3 is 20.1 Å². The van der Waals surface area contributed by atoms with Gasteiger partial charge in [0, 0.05) is 52.3 Å². The monoisotopic (exact) mass is 370 g/mol. The third kappa shape index (κ3) is 3.22. The maximum Gasteiger partial charge on any atom is 0.254 e. The summed E-state index contributed by atoms with van der Waals surface area (Å²) in [6.45, 7) is 1.27. The van der Waals surface area contributed by atoms with Crippen LogP contribution in [0.25, 0.3) is 10.9 Å². The van der Waals surface area contributed by atoms with E-state index in [1.54, 1.807) is 4.90 Å². The minimum Gasteiger partial charge on any atom is -0.508 e. The van der Waals surface area contributed by atoms with E-state index >= 15 is 0 Å². The summed E-state index contributed by atoms with van der Waals surface area (Å²) in [5.41, 5.74) is 2.55. The van der Waals surface area contributed by atoms with Gasteiger partial charge in [-0.05, 0) is 49.2 Å². The molecule has 0 saturated carbocycles. The number of amides is 1. The lowest BCUT2D eigenvalue weighted by atomic mass is 9.93. The predicted molar refractivity (Wildman–Crippen MR) is 101 cm³/mol. The number of piperidine rings is 1. The van der Waals surface area contributed by atoms with Crippen LogP contribution in [0.1, 0.15) is 34.8 Å². The molecule has 1 aromatic heterocycles. The van der Waals surface area contributed by atoms with Crippen molar-refractivity contribution in [3.63, 3.8) is 0 Å². The number of nitrogens with one attached hydrogen (secondary N) is 1. The first-order valence-corrected chi connectivity index (χ1v) is 8.98. The Morgan fingerprint density at radius 3 is 2.42 bits per heavy atom. The molecule has 0 aliphatic carbocycles. The van der Waals surface area contributed by atoms with Crippen molar-refractivity contribution in [2.24, 2.45) is 0 Å². The quantitative estimate of drug-likeness (QED) is 0.631. The fourth-order valence-corrected chi connectivity index (χ4v) is 3.82. The van der Waals surface area contributed by atoms with Gasteiger partial charge in [-0.3, -0.25) is 4.79 Å². The third-order valence-electron chi connectivity index (χ3n) is 4.98. The molecular formula is C20H19ClN2O3. The highest BCUT2D eigenvalue weighted by Gasteiger charge is 2.26. The number of fused-ring (bicyclic) bond motifs is 1. The third-order valence-corrected chi connectivity index (χ3v) is 5.21. The van der Waals surface area contributed by atoms with Crippen LogP contribution >= 0.6 is 11.6 Å². The second kappa shape index (κ2) is 6.57. The van der Waals surface area contributed by atoms with Crippen LogP contribution in [-0.2, 0) is 0 Å². The molecule has 134 valence electrons. The van der Waals surface area contributed by atoms with E-state index in [1.807, 2.05) is 18.2 Å². The van der Waals surface area contributed by atoms with E-state index in [9.17, 15) is 15.0 Å². The molecular weight excluding hydrogens is 352 g/mol. The molecule has 1 amide bonds. The number of benzene rings is 2. The Bertz CT molecular complexity index is 954. The van der Waals surface area contributed by atoms with Crippen molar-refractivity contribution in [3.05, 3.63) is 58.7 Å². The molecule has 2 aromatic carbocycles. The normalized spacial score (nSPS) is 15.5. The van der Waals surface area contributed by atoms with Gasteiger partial charge in [-0.15, -0.1) is 0 Å². The second-order valence-corrected chi connectivity index (χ2v) is 7.20. The molecule has 6 heteroatoms. The summed E-state index contributed by atoms with van der Waals surface area (Å²) in [4.78, 5) is 17.8. The van der Waals surface area contributed by atoms with Gasteiger partial charge in [0.25, 0.3) is 5.91 Å². The Kier molecular flexibility index (Phi) is 4.24. The van der Waals surface area contributed by atoms with Crippen LogP contribution in [0.5, 0.6) is 11.5 Å². The number of hydrogen-bond acceptors (Lipinski definition) is 3. The van der Waals surface area contributed by atoms with E-state index in [2.05, 4.69) is 11.1 Å². The van der Waals surface area contributed by atoms with E-state index in [0.717, 1.165) is 28.8 Å². The molecule has 0 atom stereocenters. The molecule has 3 aromatic rings. The highest BCUT2D eigenvalue weighted by atomic mass is 35.5. The van der Waals surface area contributed by atoms with Gasteiger partial charge in [0.1, 0.15) is 11.5 Å². The lowest BCUT2D eigenvalue weighted by Gasteiger charge is -2.31. The molecule has 1 saturated heterocycles. The van der Waals surface area contributed by atoms with Gasteiger partial charge in [0.05, 0.1) is 0 Å². The van der Waals surface area contributed by atoms with Crippen LogP contribution in [0.4, 0.5) is 0 Å². The van der Waals surface area contributed by atoms with Crippen LogP contribution in [0.2, 0.25) is 5.02 Å². The van der Waals surface area contributed by atoms with E-state index < -0.39 is 0 Å². The molecule has 0 radical (unpaired) electrons. The van der Waals surface area contributed by atoms with Crippen molar-refractivity contribution in [3.8, 4) is 11.5 Å². The standard InChI is InChI=1S/C20H19ClN2O3/c21-15-1-2-18-13(7-15)10-19(22-18)12-3-5-23(6-4-12)20(26)14-8-16(24)11-17(25)9-14/h1-2,7-12,22,24-25H,3-6H2. The first-order valence-electron chi connectivity index (χ1n) is 8.60. The lowest BCUT2D eigenvalue weighted by molar-refractivity contribution is 0.0711. The number of rotatable bonds is 2. The fraction of sp³-hybridized carbons (Fsp3) is 0.250. The Hall–Kier alpha value is -2.66. The largest absolute Gasteiger partial charge is 0.508 e. The average Bonchev–Trinajstić information content (AvgIpc) is 3.03. The van der Waals surface area contributed by atoms with Gasteiger partial charge >= 0.3 is 0 Å². The number of hydrogen-bond donors (Lipinski definition) is 3. The van der Waals surface area contributed by atoms with Gasteiger partial charge in [0.15, 0.2) is 0 Å². The number of phenolic OH excluding ortho intramolecular Hbond substituents is 2. The summed E-state index contributed by atoms with van der Waals surface area (Å²) in [6.07, 6.45) is 1.72. The lowest BCUT2D eigenvalue weighted by Crippen LogP contribution is -2.37. The van der Waals surface area contributed by atoms with Crippen molar-refractivity contribution >= 4 is 28.4 Å². The van der Waals surface area contributed by atoms with Crippen molar-refractivity contribution < 1.29 is 15.0 Å². The van der Waals surface area contributed by atoms with E-state index in [1.165, 1.54) is 23.9 Å². The zero-order valence-corrected chi connectivity index (χ0v) is 14.8. The highest BCUT2D eigenvalue weighted by Crippen LogP contribution is 2.31. The second-order valence-electron chi connectivity index (χ2n) is 6.76. The van der Waals surface area contributed by atoms with Crippen LogP contribution in [0.3, 0.4) is 0 Å². The van der Waals surface area contributed by atoms with Crippen molar-refractivity contribution in [1.82, 2.24) is 9.88 Å². The first kappa shape index (κ1) is 16.8. The number of phenols is 2. The van der Waals surface area contributed by atoms with Gasteiger partial charge in [-0.1, -0.05) is 11.6 Å². The summed E-state index contributed by atoms with van der Waals surface area (Å²) in [5, 5.41) is 21.0. The Morgan fingerprint density at radius 1 is 1.04 bits per heavy atom. The fourth-order valence-electron chi connectivity index (χ4n) is 3.64. The molecule has 26 heavy (non-hydrogen) atoms. The molecule has 1 aliphatic rings. The molecule has 0 bridgehead atoms.